The van der Waals surface area contributed by atoms with E-state index in [9.17, 15) is 9.18 Å². The Balaban J connectivity index is 3.08. The quantitative estimate of drug-likeness (QED) is 0.452. The van der Waals surface area contributed by atoms with Crippen molar-refractivity contribution in [3.8, 4) is 0 Å². The van der Waals surface area contributed by atoms with Crippen molar-refractivity contribution >= 4 is 17.7 Å². The Morgan fingerprint density at radius 2 is 2.23 bits per heavy atom. The minimum Gasteiger partial charge on any atom is -0.465 e. The van der Waals surface area contributed by atoms with Crippen LogP contribution < -0.4 is 0 Å². The standard InChI is InChI=1S/C9H17FO2S/c1-2-6-12-9(11)8-13-7-4-3-5-10/h2-8H2,1H3. The van der Waals surface area contributed by atoms with Gasteiger partial charge in [-0.2, -0.15) is 11.8 Å². The van der Waals surface area contributed by atoms with Crippen LogP contribution in [-0.4, -0.2) is 30.8 Å². The summed E-state index contributed by atoms with van der Waals surface area (Å²) in [7, 11) is 0. The van der Waals surface area contributed by atoms with Crippen LogP contribution in [-0.2, 0) is 9.53 Å². The highest BCUT2D eigenvalue weighted by molar-refractivity contribution is 7.99. The molecule has 13 heavy (non-hydrogen) atoms. The molecule has 0 saturated carbocycles. The molecule has 0 fully saturated rings. The maximum absolute atomic E-state index is 11.6. The molecule has 0 aromatic rings. The van der Waals surface area contributed by atoms with E-state index in [1.807, 2.05) is 6.92 Å². The van der Waals surface area contributed by atoms with E-state index in [4.69, 9.17) is 4.74 Å². The number of unbranched alkanes of at least 4 members (excludes halogenated alkanes) is 1. The summed E-state index contributed by atoms with van der Waals surface area (Å²) in [5, 5.41) is 0. The Hall–Kier alpha value is -0.250. The number of ether oxygens (including phenoxy) is 1. The normalized spacial score (nSPS) is 10.0. The smallest absolute Gasteiger partial charge is 0.315 e. The van der Waals surface area contributed by atoms with Gasteiger partial charge in [-0.3, -0.25) is 9.18 Å². The van der Waals surface area contributed by atoms with E-state index in [2.05, 4.69) is 0 Å². The molecule has 0 spiro atoms. The third-order valence-electron chi connectivity index (χ3n) is 1.36. The van der Waals surface area contributed by atoms with Gasteiger partial charge in [-0.15, -0.1) is 0 Å². The van der Waals surface area contributed by atoms with Crippen LogP contribution in [0.2, 0.25) is 0 Å². The molecule has 0 N–H and O–H groups in total. The molecule has 0 saturated heterocycles. The van der Waals surface area contributed by atoms with Crippen LogP contribution in [0.15, 0.2) is 0 Å². The summed E-state index contributed by atoms with van der Waals surface area (Å²) in [6.45, 7) is 2.20. The molecular formula is C9H17FO2S. The van der Waals surface area contributed by atoms with Crippen LogP contribution in [0.5, 0.6) is 0 Å². The number of rotatable bonds is 8. The first-order chi connectivity index (χ1) is 6.31. The van der Waals surface area contributed by atoms with E-state index >= 15 is 0 Å². The second-order valence-corrected chi connectivity index (χ2v) is 3.77. The van der Waals surface area contributed by atoms with Gasteiger partial charge in [0.15, 0.2) is 0 Å². The van der Waals surface area contributed by atoms with Crippen LogP contribution in [0, 0.1) is 0 Å². The Morgan fingerprint density at radius 3 is 2.85 bits per heavy atom. The number of hydrogen-bond donors (Lipinski definition) is 0. The number of carbonyl (C=O) groups is 1. The van der Waals surface area contributed by atoms with E-state index in [1.165, 1.54) is 11.8 Å². The second-order valence-electron chi connectivity index (χ2n) is 2.67. The van der Waals surface area contributed by atoms with Crippen LogP contribution in [0.25, 0.3) is 0 Å². The predicted molar refractivity (Wildman–Crippen MR) is 53.8 cm³/mol. The van der Waals surface area contributed by atoms with Gasteiger partial charge in [0.2, 0.25) is 0 Å². The Morgan fingerprint density at radius 1 is 1.46 bits per heavy atom. The summed E-state index contributed by atoms with van der Waals surface area (Å²) in [5.74, 6) is 1.07. The lowest BCUT2D eigenvalue weighted by atomic mass is 10.4. The fourth-order valence-electron chi connectivity index (χ4n) is 0.712. The van der Waals surface area contributed by atoms with Crippen molar-refractivity contribution in [3.63, 3.8) is 0 Å². The van der Waals surface area contributed by atoms with Gasteiger partial charge < -0.3 is 4.74 Å². The lowest BCUT2D eigenvalue weighted by Crippen LogP contribution is -2.08. The largest absolute Gasteiger partial charge is 0.465 e. The maximum Gasteiger partial charge on any atom is 0.315 e. The van der Waals surface area contributed by atoms with E-state index in [1.54, 1.807) is 0 Å². The fraction of sp³-hybridized carbons (Fsp3) is 0.889. The summed E-state index contributed by atoms with van der Waals surface area (Å²) in [6, 6.07) is 0. The van der Waals surface area contributed by atoms with E-state index in [-0.39, 0.29) is 12.6 Å². The zero-order valence-electron chi connectivity index (χ0n) is 8.05. The average Bonchev–Trinajstić information content (AvgIpc) is 2.14. The summed E-state index contributed by atoms with van der Waals surface area (Å²) < 4.78 is 16.5. The lowest BCUT2D eigenvalue weighted by molar-refractivity contribution is -0.140. The Bertz CT molecular complexity index is 131. The van der Waals surface area contributed by atoms with Crippen molar-refractivity contribution in [2.75, 3.05) is 24.8 Å². The van der Waals surface area contributed by atoms with Gasteiger partial charge in [-0.1, -0.05) is 6.92 Å². The molecule has 0 aliphatic carbocycles. The molecule has 0 aliphatic heterocycles. The third kappa shape index (κ3) is 9.67. The minimum atomic E-state index is -0.263. The zero-order valence-corrected chi connectivity index (χ0v) is 8.87. The zero-order chi connectivity index (χ0) is 9.94. The molecule has 0 unspecified atom stereocenters. The minimum absolute atomic E-state index is 0.160. The molecule has 0 atom stereocenters. The molecule has 4 heteroatoms. The first-order valence-electron chi connectivity index (χ1n) is 4.60. The summed E-state index contributed by atoms with van der Waals surface area (Å²) >= 11 is 1.51. The number of carbonyl (C=O) groups excluding carboxylic acids is 1. The molecular weight excluding hydrogens is 191 g/mol. The molecule has 0 amide bonds. The fourth-order valence-corrected chi connectivity index (χ4v) is 1.51. The maximum atomic E-state index is 11.6. The monoisotopic (exact) mass is 208 g/mol. The molecule has 0 heterocycles. The SMILES string of the molecule is CCCOC(=O)CSCCCCF. The van der Waals surface area contributed by atoms with Crippen LogP contribution in [0.1, 0.15) is 26.2 Å². The van der Waals surface area contributed by atoms with E-state index < -0.39 is 0 Å². The van der Waals surface area contributed by atoms with Crippen molar-refractivity contribution in [1.29, 1.82) is 0 Å². The summed E-state index contributed by atoms with van der Waals surface area (Å²) in [5.41, 5.74) is 0. The summed E-state index contributed by atoms with van der Waals surface area (Å²) in [6.07, 6.45) is 2.29. The highest BCUT2D eigenvalue weighted by Gasteiger charge is 2.01. The number of thioether (sulfide) groups is 1. The Labute approximate surface area is 83.2 Å². The van der Waals surface area contributed by atoms with Gasteiger partial charge in [0.1, 0.15) is 0 Å². The number of alkyl halides is 1. The van der Waals surface area contributed by atoms with Gasteiger partial charge in [-0.25, -0.2) is 0 Å². The summed E-state index contributed by atoms with van der Waals surface area (Å²) in [4.78, 5) is 10.9. The third-order valence-corrected chi connectivity index (χ3v) is 2.38. The topological polar surface area (TPSA) is 26.3 Å². The van der Waals surface area contributed by atoms with Gasteiger partial charge in [0.25, 0.3) is 0 Å². The van der Waals surface area contributed by atoms with Crippen molar-refractivity contribution in [1.82, 2.24) is 0 Å². The molecule has 78 valence electrons. The highest BCUT2D eigenvalue weighted by atomic mass is 32.2. The first-order valence-corrected chi connectivity index (χ1v) is 5.76. The Kier molecular flexibility index (Phi) is 9.65. The lowest BCUT2D eigenvalue weighted by Gasteiger charge is -2.02. The first kappa shape index (κ1) is 12.8. The average molecular weight is 208 g/mol. The molecule has 0 aliphatic rings. The molecule has 0 rings (SSSR count). The predicted octanol–water partition coefficient (Wildman–Crippen LogP) is 2.42. The van der Waals surface area contributed by atoms with Gasteiger partial charge in [-0.05, 0) is 25.0 Å². The number of esters is 1. The molecule has 2 nitrogen and oxygen atoms in total. The molecule has 0 radical (unpaired) electrons. The van der Waals surface area contributed by atoms with Crippen molar-refractivity contribution < 1.29 is 13.9 Å². The van der Waals surface area contributed by atoms with E-state index in [0.29, 0.717) is 18.8 Å². The highest BCUT2D eigenvalue weighted by Crippen LogP contribution is 2.05. The molecule has 0 aromatic carbocycles. The van der Waals surface area contributed by atoms with Gasteiger partial charge in [0, 0.05) is 0 Å². The molecule has 0 aromatic heterocycles. The van der Waals surface area contributed by atoms with Crippen LogP contribution in [0.4, 0.5) is 4.39 Å². The van der Waals surface area contributed by atoms with Crippen LogP contribution in [0.3, 0.4) is 0 Å². The van der Waals surface area contributed by atoms with Crippen molar-refractivity contribution in [3.05, 3.63) is 0 Å². The number of halogens is 1. The van der Waals surface area contributed by atoms with Gasteiger partial charge in [0.05, 0.1) is 19.0 Å². The van der Waals surface area contributed by atoms with Gasteiger partial charge >= 0.3 is 5.97 Å². The number of hydrogen-bond acceptors (Lipinski definition) is 3. The van der Waals surface area contributed by atoms with E-state index in [0.717, 1.165) is 18.6 Å². The van der Waals surface area contributed by atoms with Crippen molar-refractivity contribution in [2.24, 2.45) is 0 Å². The van der Waals surface area contributed by atoms with Crippen LogP contribution >= 0.6 is 11.8 Å². The molecule has 0 bridgehead atoms. The van der Waals surface area contributed by atoms with Crippen molar-refractivity contribution in [2.45, 2.75) is 26.2 Å². The second kappa shape index (κ2) is 9.84.